The Morgan fingerprint density at radius 2 is 2.11 bits per heavy atom. The maximum atomic E-state index is 13.4. The van der Waals surface area contributed by atoms with Gasteiger partial charge in [0.15, 0.2) is 0 Å². The maximum absolute atomic E-state index is 13.4. The molecule has 19 heavy (non-hydrogen) atoms. The number of methoxy groups -OCH3 is 1. The Bertz CT molecular complexity index is 463. The van der Waals surface area contributed by atoms with Gasteiger partial charge in [-0.05, 0) is 38.2 Å². The van der Waals surface area contributed by atoms with Gasteiger partial charge in [0.25, 0.3) is 0 Å². The molecule has 0 fully saturated rings. The molecular formula is C13H17FN2O3. The zero-order chi connectivity index (χ0) is 14.3. The Kier molecular flexibility index (Phi) is 5.95. The zero-order valence-electron chi connectivity index (χ0n) is 11.0. The fraction of sp³-hybridized carbons (Fsp3) is 0.385. The van der Waals surface area contributed by atoms with Crippen molar-refractivity contribution in [1.29, 1.82) is 0 Å². The average Bonchev–Trinajstić information content (AvgIpc) is 2.40. The minimum atomic E-state index is -0.774. The van der Waals surface area contributed by atoms with E-state index in [1.54, 1.807) is 7.05 Å². The molecule has 0 aliphatic heterocycles. The lowest BCUT2D eigenvalue weighted by atomic mass is 10.2. The number of hydrogen-bond donors (Lipinski definition) is 2. The third kappa shape index (κ3) is 4.67. The molecule has 0 unspecified atom stereocenters. The van der Waals surface area contributed by atoms with Crippen molar-refractivity contribution in [1.82, 2.24) is 5.32 Å². The van der Waals surface area contributed by atoms with E-state index in [4.69, 9.17) is 0 Å². The molecule has 5 nitrogen and oxygen atoms in total. The Hall–Kier alpha value is -1.95. The van der Waals surface area contributed by atoms with Crippen molar-refractivity contribution in [3.63, 3.8) is 0 Å². The molecule has 1 amide bonds. The van der Waals surface area contributed by atoms with Crippen molar-refractivity contribution in [3.8, 4) is 0 Å². The van der Waals surface area contributed by atoms with Gasteiger partial charge in [-0.1, -0.05) is 0 Å². The standard InChI is InChI=1S/C13H17FN2O3/c1-15-7-3-4-12(17)16-9-5-6-11(14)10(8-9)13(18)19-2/h5-6,8,15H,3-4,7H2,1-2H3,(H,16,17). The summed E-state index contributed by atoms with van der Waals surface area (Å²) >= 11 is 0. The quantitative estimate of drug-likeness (QED) is 0.607. The molecular weight excluding hydrogens is 251 g/mol. The lowest BCUT2D eigenvalue weighted by Gasteiger charge is -2.07. The summed E-state index contributed by atoms with van der Waals surface area (Å²) in [4.78, 5) is 22.9. The van der Waals surface area contributed by atoms with Crippen LogP contribution in [0.1, 0.15) is 23.2 Å². The number of rotatable bonds is 6. The molecule has 1 rings (SSSR count). The molecule has 0 heterocycles. The lowest BCUT2D eigenvalue weighted by Crippen LogP contribution is -2.15. The number of hydrogen-bond acceptors (Lipinski definition) is 4. The molecule has 104 valence electrons. The van der Waals surface area contributed by atoms with Gasteiger partial charge in [0, 0.05) is 12.1 Å². The van der Waals surface area contributed by atoms with Gasteiger partial charge < -0.3 is 15.4 Å². The summed E-state index contributed by atoms with van der Waals surface area (Å²) in [6.07, 6.45) is 1.05. The molecule has 0 radical (unpaired) electrons. The first kappa shape index (κ1) is 15.1. The van der Waals surface area contributed by atoms with E-state index in [9.17, 15) is 14.0 Å². The van der Waals surface area contributed by atoms with Crippen LogP contribution in [0.4, 0.5) is 10.1 Å². The molecule has 1 aromatic rings. The largest absolute Gasteiger partial charge is 0.465 e. The van der Waals surface area contributed by atoms with E-state index < -0.39 is 11.8 Å². The van der Waals surface area contributed by atoms with Gasteiger partial charge in [-0.25, -0.2) is 9.18 Å². The molecule has 0 atom stereocenters. The van der Waals surface area contributed by atoms with Crippen LogP contribution in [0.5, 0.6) is 0 Å². The second-order valence-electron chi connectivity index (χ2n) is 3.94. The van der Waals surface area contributed by atoms with Gasteiger partial charge in [-0.3, -0.25) is 4.79 Å². The highest BCUT2D eigenvalue weighted by Crippen LogP contribution is 2.16. The van der Waals surface area contributed by atoms with E-state index in [2.05, 4.69) is 15.4 Å². The van der Waals surface area contributed by atoms with Gasteiger partial charge in [0.05, 0.1) is 12.7 Å². The number of amides is 1. The highest BCUT2D eigenvalue weighted by molar-refractivity contribution is 5.94. The summed E-state index contributed by atoms with van der Waals surface area (Å²) in [5.74, 6) is -1.64. The van der Waals surface area contributed by atoms with E-state index in [0.717, 1.165) is 12.6 Å². The lowest BCUT2D eigenvalue weighted by molar-refractivity contribution is -0.116. The number of nitrogens with one attached hydrogen (secondary N) is 2. The number of esters is 1. The normalized spacial score (nSPS) is 10.1. The summed E-state index contributed by atoms with van der Waals surface area (Å²) in [5, 5.41) is 5.54. The third-order valence-electron chi connectivity index (χ3n) is 2.49. The Morgan fingerprint density at radius 1 is 1.37 bits per heavy atom. The van der Waals surface area contributed by atoms with Crippen molar-refractivity contribution in [2.75, 3.05) is 26.0 Å². The molecule has 0 aliphatic rings. The Labute approximate surface area is 111 Å². The molecule has 1 aromatic carbocycles. The minimum Gasteiger partial charge on any atom is -0.465 e. The molecule has 0 saturated heterocycles. The minimum absolute atomic E-state index is 0.183. The van der Waals surface area contributed by atoms with Crippen LogP contribution in [0.25, 0.3) is 0 Å². The molecule has 6 heteroatoms. The van der Waals surface area contributed by atoms with Crippen molar-refractivity contribution in [2.24, 2.45) is 0 Å². The van der Waals surface area contributed by atoms with Crippen LogP contribution in [0.2, 0.25) is 0 Å². The van der Waals surface area contributed by atoms with Crippen molar-refractivity contribution in [3.05, 3.63) is 29.6 Å². The smallest absolute Gasteiger partial charge is 0.340 e. The highest BCUT2D eigenvalue weighted by Gasteiger charge is 2.13. The summed E-state index contributed by atoms with van der Waals surface area (Å²) < 4.78 is 17.8. The molecule has 0 aromatic heterocycles. The number of carbonyl (C=O) groups excluding carboxylic acids is 2. The highest BCUT2D eigenvalue weighted by atomic mass is 19.1. The van der Waals surface area contributed by atoms with E-state index in [-0.39, 0.29) is 11.5 Å². The van der Waals surface area contributed by atoms with Gasteiger partial charge in [-0.15, -0.1) is 0 Å². The van der Waals surface area contributed by atoms with E-state index in [1.807, 2.05) is 0 Å². The number of ether oxygens (including phenoxy) is 1. The van der Waals surface area contributed by atoms with Crippen LogP contribution in [0.3, 0.4) is 0 Å². The maximum Gasteiger partial charge on any atom is 0.340 e. The van der Waals surface area contributed by atoms with Gasteiger partial charge in [0.1, 0.15) is 5.82 Å². The molecule has 0 spiro atoms. The van der Waals surface area contributed by atoms with Crippen molar-refractivity contribution >= 4 is 17.6 Å². The molecule has 0 aliphatic carbocycles. The predicted octanol–water partition coefficient (Wildman–Crippen LogP) is 1.55. The van der Waals surface area contributed by atoms with Crippen molar-refractivity contribution in [2.45, 2.75) is 12.8 Å². The topological polar surface area (TPSA) is 67.4 Å². The first-order chi connectivity index (χ1) is 9.08. The average molecular weight is 268 g/mol. The monoisotopic (exact) mass is 268 g/mol. The molecule has 0 saturated carbocycles. The predicted molar refractivity (Wildman–Crippen MR) is 69.5 cm³/mol. The second kappa shape index (κ2) is 7.48. The second-order valence-corrected chi connectivity index (χ2v) is 3.94. The number of anilines is 1. The third-order valence-corrected chi connectivity index (χ3v) is 2.49. The fourth-order valence-corrected chi connectivity index (χ4v) is 1.52. The van der Waals surface area contributed by atoms with Crippen LogP contribution >= 0.6 is 0 Å². The van der Waals surface area contributed by atoms with Gasteiger partial charge >= 0.3 is 5.97 Å². The number of benzene rings is 1. The van der Waals surface area contributed by atoms with E-state index in [0.29, 0.717) is 18.5 Å². The Balaban J connectivity index is 2.69. The van der Waals surface area contributed by atoms with Crippen LogP contribution in [0, 0.1) is 5.82 Å². The van der Waals surface area contributed by atoms with Crippen LogP contribution in [0.15, 0.2) is 18.2 Å². The number of halogens is 1. The Morgan fingerprint density at radius 3 is 2.74 bits per heavy atom. The summed E-state index contributed by atoms with van der Waals surface area (Å²) in [6.45, 7) is 0.740. The number of carbonyl (C=O) groups is 2. The fourth-order valence-electron chi connectivity index (χ4n) is 1.52. The van der Waals surface area contributed by atoms with Gasteiger partial charge in [0.2, 0.25) is 5.91 Å². The first-order valence-electron chi connectivity index (χ1n) is 5.90. The molecule has 0 bridgehead atoms. The van der Waals surface area contributed by atoms with E-state index >= 15 is 0 Å². The SMILES string of the molecule is CNCCCC(=O)Nc1ccc(F)c(C(=O)OC)c1. The summed E-state index contributed by atoms with van der Waals surface area (Å²) in [7, 11) is 2.98. The van der Waals surface area contributed by atoms with Crippen molar-refractivity contribution < 1.29 is 18.7 Å². The first-order valence-corrected chi connectivity index (χ1v) is 5.90. The van der Waals surface area contributed by atoms with Crippen LogP contribution < -0.4 is 10.6 Å². The van der Waals surface area contributed by atoms with Crippen LogP contribution in [-0.2, 0) is 9.53 Å². The van der Waals surface area contributed by atoms with Crippen LogP contribution in [-0.4, -0.2) is 32.6 Å². The summed E-state index contributed by atoms with van der Waals surface area (Å²) in [6, 6.07) is 3.78. The zero-order valence-corrected chi connectivity index (χ0v) is 11.0. The summed E-state index contributed by atoms with van der Waals surface area (Å²) in [5.41, 5.74) is 0.173. The van der Waals surface area contributed by atoms with E-state index in [1.165, 1.54) is 19.2 Å². The van der Waals surface area contributed by atoms with Gasteiger partial charge in [-0.2, -0.15) is 0 Å². The molecule has 2 N–H and O–H groups in total.